The van der Waals surface area contributed by atoms with Gasteiger partial charge in [0.25, 0.3) is 5.91 Å². The van der Waals surface area contributed by atoms with E-state index in [0.717, 1.165) is 4.57 Å². The summed E-state index contributed by atoms with van der Waals surface area (Å²) in [5, 5.41) is 9.53. The summed E-state index contributed by atoms with van der Waals surface area (Å²) in [6, 6.07) is 2.86. The van der Waals surface area contributed by atoms with Crippen molar-refractivity contribution in [3.63, 3.8) is 0 Å². The van der Waals surface area contributed by atoms with E-state index in [9.17, 15) is 23.1 Å². The van der Waals surface area contributed by atoms with E-state index >= 15 is 0 Å². The van der Waals surface area contributed by atoms with E-state index in [4.69, 9.17) is 0 Å². The maximum atomic E-state index is 12.5. The molecule has 1 unspecified atom stereocenters. The third kappa shape index (κ3) is 4.00. The molecule has 1 aromatic rings. The highest BCUT2D eigenvalue weighted by Gasteiger charge is 2.31. The maximum absolute atomic E-state index is 12.5. The standard InChI is InChI=1S/C14H19F3N2O2/c1-10(20)11-4-7-18(8-5-11)13(21)12-3-2-6-19(12)9-14(15,16)17/h2-3,6,10-11,20H,4-5,7-9H2,1H3. The molecule has 0 aliphatic carbocycles. The Balaban J connectivity index is 2.03. The lowest BCUT2D eigenvalue weighted by atomic mass is 9.92. The smallest absolute Gasteiger partial charge is 0.393 e. The van der Waals surface area contributed by atoms with Crippen molar-refractivity contribution in [1.82, 2.24) is 9.47 Å². The van der Waals surface area contributed by atoms with Gasteiger partial charge in [-0.2, -0.15) is 13.2 Å². The molecule has 2 rings (SSSR count). The molecule has 0 spiro atoms. The summed E-state index contributed by atoms with van der Waals surface area (Å²) in [6.45, 7) is 1.49. The number of likely N-dealkylation sites (tertiary alicyclic amines) is 1. The monoisotopic (exact) mass is 304 g/mol. The zero-order valence-electron chi connectivity index (χ0n) is 11.8. The van der Waals surface area contributed by atoms with Crippen molar-refractivity contribution in [3.8, 4) is 0 Å². The van der Waals surface area contributed by atoms with E-state index < -0.39 is 18.8 Å². The van der Waals surface area contributed by atoms with Gasteiger partial charge in [-0.25, -0.2) is 0 Å². The molecule has 1 amide bonds. The number of aliphatic hydroxyl groups is 1. The van der Waals surface area contributed by atoms with E-state index in [1.54, 1.807) is 11.8 Å². The first-order chi connectivity index (χ1) is 9.78. The van der Waals surface area contributed by atoms with E-state index in [1.807, 2.05) is 0 Å². The Labute approximate surface area is 121 Å². The van der Waals surface area contributed by atoms with Gasteiger partial charge < -0.3 is 14.6 Å². The first-order valence-corrected chi connectivity index (χ1v) is 6.97. The number of rotatable bonds is 3. The van der Waals surface area contributed by atoms with Gasteiger partial charge in [0, 0.05) is 19.3 Å². The molecule has 1 aromatic heterocycles. The molecule has 1 aliphatic heterocycles. The fourth-order valence-electron chi connectivity index (χ4n) is 2.69. The minimum absolute atomic E-state index is 0.0582. The number of carbonyl (C=O) groups excluding carboxylic acids is 1. The number of carbonyl (C=O) groups is 1. The van der Waals surface area contributed by atoms with Crippen molar-refractivity contribution in [3.05, 3.63) is 24.0 Å². The van der Waals surface area contributed by atoms with Gasteiger partial charge >= 0.3 is 6.18 Å². The highest BCUT2D eigenvalue weighted by atomic mass is 19.4. The lowest BCUT2D eigenvalue weighted by molar-refractivity contribution is -0.140. The molecule has 1 saturated heterocycles. The molecule has 4 nitrogen and oxygen atoms in total. The van der Waals surface area contributed by atoms with Crippen LogP contribution in [0.1, 0.15) is 30.3 Å². The number of alkyl halides is 3. The van der Waals surface area contributed by atoms with Crippen LogP contribution in [0.15, 0.2) is 18.3 Å². The minimum atomic E-state index is -4.35. The number of aromatic nitrogens is 1. The molecular weight excluding hydrogens is 285 g/mol. The molecule has 21 heavy (non-hydrogen) atoms. The summed E-state index contributed by atoms with van der Waals surface area (Å²) in [5.74, 6) is -0.232. The van der Waals surface area contributed by atoms with Gasteiger partial charge in [0.1, 0.15) is 12.2 Å². The minimum Gasteiger partial charge on any atom is -0.393 e. The Hall–Kier alpha value is -1.50. The van der Waals surface area contributed by atoms with Crippen LogP contribution < -0.4 is 0 Å². The molecule has 0 bridgehead atoms. The number of halogens is 3. The lowest BCUT2D eigenvalue weighted by Gasteiger charge is -2.33. The van der Waals surface area contributed by atoms with Crippen molar-refractivity contribution in [1.29, 1.82) is 0 Å². The first kappa shape index (κ1) is 15.9. The summed E-state index contributed by atoms with van der Waals surface area (Å²) in [4.78, 5) is 13.9. The molecular formula is C14H19F3N2O2. The van der Waals surface area contributed by atoms with E-state index in [-0.39, 0.29) is 17.5 Å². The summed E-state index contributed by atoms with van der Waals surface area (Å²) in [6.07, 6.45) is -2.17. The molecule has 0 saturated carbocycles. The Kier molecular flexibility index (Phi) is 4.61. The van der Waals surface area contributed by atoms with E-state index in [1.165, 1.54) is 18.3 Å². The fraction of sp³-hybridized carbons (Fsp3) is 0.643. The van der Waals surface area contributed by atoms with E-state index in [0.29, 0.717) is 25.9 Å². The zero-order valence-corrected chi connectivity index (χ0v) is 11.8. The molecule has 7 heteroatoms. The predicted octanol–water partition coefficient (Wildman–Crippen LogP) is 2.28. The van der Waals surface area contributed by atoms with Crippen LogP contribution in [-0.4, -0.2) is 45.9 Å². The average molecular weight is 304 g/mol. The van der Waals surface area contributed by atoms with Gasteiger partial charge in [-0.3, -0.25) is 4.79 Å². The van der Waals surface area contributed by atoms with Gasteiger partial charge in [0.2, 0.25) is 0 Å². The molecule has 118 valence electrons. The first-order valence-electron chi connectivity index (χ1n) is 6.97. The number of nitrogens with zero attached hydrogens (tertiary/aromatic N) is 2. The third-order valence-electron chi connectivity index (χ3n) is 3.91. The molecule has 0 radical (unpaired) electrons. The third-order valence-corrected chi connectivity index (χ3v) is 3.91. The number of piperidine rings is 1. The van der Waals surface area contributed by atoms with Crippen LogP contribution in [0.25, 0.3) is 0 Å². The second kappa shape index (κ2) is 6.09. The number of hydrogen-bond acceptors (Lipinski definition) is 2. The average Bonchev–Trinajstić information content (AvgIpc) is 2.83. The number of amides is 1. The van der Waals surface area contributed by atoms with Crippen LogP contribution in [0.3, 0.4) is 0 Å². The Bertz CT molecular complexity index is 489. The van der Waals surface area contributed by atoms with Gasteiger partial charge in [-0.05, 0) is 37.8 Å². The number of aliphatic hydroxyl groups excluding tert-OH is 1. The molecule has 1 atom stereocenters. The zero-order chi connectivity index (χ0) is 15.6. The Morgan fingerprint density at radius 2 is 2.05 bits per heavy atom. The van der Waals surface area contributed by atoms with Crippen molar-refractivity contribution in [2.24, 2.45) is 5.92 Å². The highest BCUT2D eigenvalue weighted by molar-refractivity contribution is 5.92. The van der Waals surface area contributed by atoms with Gasteiger partial charge in [-0.15, -0.1) is 0 Å². The topological polar surface area (TPSA) is 45.5 Å². The number of hydrogen-bond donors (Lipinski definition) is 1. The van der Waals surface area contributed by atoms with Crippen molar-refractivity contribution in [2.75, 3.05) is 13.1 Å². The summed E-state index contributed by atoms with van der Waals surface area (Å²) in [5.41, 5.74) is 0.0582. The highest BCUT2D eigenvalue weighted by Crippen LogP contribution is 2.23. The van der Waals surface area contributed by atoms with Crippen LogP contribution in [0.2, 0.25) is 0 Å². The van der Waals surface area contributed by atoms with Crippen LogP contribution in [0.5, 0.6) is 0 Å². The largest absolute Gasteiger partial charge is 0.406 e. The lowest BCUT2D eigenvalue weighted by Crippen LogP contribution is -2.41. The van der Waals surface area contributed by atoms with E-state index in [2.05, 4.69) is 0 Å². The van der Waals surface area contributed by atoms with Crippen molar-refractivity contribution < 1.29 is 23.1 Å². The van der Waals surface area contributed by atoms with Crippen LogP contribution >= 0.6 is 0 Å². The second-order valence-electron chi connectivity index (χ2n) is 5.51. The Morgan fingerprint density at radius 3 is 2.57 bits per heavy atom. The summed E-state index contributed by atoms with van der Waals surface area (Å²) in [7, 11) is 0. The molecule has 1 fully saturated rings. The van der Waals surface area contributed by atoms with Crippen molar-refractivity contribution >= 4 is 5.91 Å². The van der Waals surface area contributed by atoms with Gasteiger partial charge in [0.05, 0.1) is 6.10 Å². The van der Waals surface area contributed by atoms with Gasteiger partial charge in [0.15, 0.2) is 0 Å². The molecule has 2 heterocycles. The molecule has 0 aromatic carbocycles. The predicted molar refractivity (Wildman–Crippen MR) is 70.8 cm³/mol. The quantitative estimate of drug-likeness (QED) is 0.931. The van der Waals surface area contributed by atoms with Crippen LogP contribution in [-0.2, 0) is 6.54 Å². The Morgan fingerprint density at radius 1 is 1.43 bits per heavy atom. The fourth-order valence-corrected chi connectivity index (χ4v) is 2.69. The van der Waals surface area contributed by atoms with Crippen LogP contribution in [0, 0.1) is 5.92 Å². The normalized spacial score (nSPS) is 18.8. The molecule has 1 N–H and O–H groups in total. The second-order valence-corrected chi connectivity index (χ2v) is 5.51. The van der Waals surface area contributed by atoms with Gasteiger partial charge in [-0.1, -0.05) is 0 Å². The summed E-state index contributed by atoms with van der Waals surface area (Å²) < 4.78 is 38.3. The SMILES string of the molecule is CC(O)C1CCN(C(=O)c2cccn2CC(F)(F)F)CC1. The summed E-state index contributed by atoms with van der Waals surface area (Å²) >= 11 is 0. The maximum Gasteiger partial charge on any atom is 0.406 e. The molecule has 1 aliphatic rings. The van der Waals surface area contributed by atoms with Crippen molar-refractivity contribution in [2.45, 2.75) is 38.6 Å². The van der Waals surface area contributed by atoms with Crippen LogP contribution in [0.4, 0.5) is 13.2 Å².